The van der Waals surface area contributed by atoms with Gasteiger partial charge in [-0.15, -0.1) is 0 Å². The lowest BCUT2D eigenvalue weighted by molar-refractivity contribution is 0.0977. The summed E-state index contributed by atoms with van der Waals surface area (Å²) in [6.07, 6.45) is 1.87. The molecule has 0 aliphatic heterocycles. The molecule has 0 saturated heterocycles. The Morgan fingerprint density at radius 2 is 1.72 bits per heavy atom. The van der Waals surface area contributed by atoms with Crippen LogP contribution in [0, 0.1) is 6.92 Å². The predicted octanol–water partition coefficient (Wildman–Crippen LogP) is 5.13. The monoisotopic (exact) mass is 404 g/mol. The molecule has 0 aromatic heterocycles. The number of thiocarbonyl (C=S) groups is 1. The number of carbonyl (C=O) groups is 1. The Morgan fingerprint density at radius 1 is 0.966 bits per heavy atom. The second-order valence-electron chi connectivity index (χ2n) is 6.71. The lowest BCUT2D eigenvalue weighted by Gasteiger charge is -2.14. The van der Waals surface area contributed by atoms with Gasteiger partial charge < -0.3 is 10.1 Å². The van der Waals surface area contributed by atoms with E-state index in [9.17, 15) is 4.79 Å². The van der Waals surface area contributed by atoms with Crippen LogP contribution < -0.4 is 15.4 Å². The molecule has 2 N–H and O–H groups in total. The second kappa shape index (κ2) is 10.4. The van der Waals surface area contributed by atoms with Gasteiger partial charge in [0.25, 0.3) is 5.91 Å². The molecule has 148 valence electrons. The largest absolute Gasteiger partial charge is 0.491 e. The number of carbonyl (C=O) groups excluding carboxylic acids is 1. The molecule has 0 atom stereocenters. The van der Waals surface area contributed by atoms with Crippen LogP contribution in [0.3, 0.4) is 0 Å². The van der Waals surface area contributed by atoms with Crippen LogP contribution in [0.15, 0.2) is 78.9 Å². The van der Waals surface area contributed by atoms with Crippen molar-refractivity contribution >= 4 is 28.9 Å². The minimum atomic E-state index is -0.243. The van der Waals surface area contributed by atoms with Crippen molar-refractivity contribution in [3.8, 4) is 5.75 Å². The molecule has 0 aliphatic rings. The van der Waals surface area contributed by atoms with Gasteiger partial charge >= 0.3 is 0 Å². The maximum Gasteiger partial charge on any atom is 0.257 e. The lowest BCUT2D eigenvalue weighted by atomic mass is 10.1. The number of aryl methyl sites for hydroxylation is 2. The maximum atomic E-state index is 12.4. The maximum absolute atomic E-state index is 12.4. The molecule has 0 heterocycles. The van der Waals surface area contributed by atoms with E-state index in [1.165, 1.54) is 5.56 Å². The third kappa shape index (κ3) is 6.43. The van der Waals surface area contributed by atoms with Gasteiger partial charge in [0.1, 0.15) is 5.75 Å². The molecule has 0 aliphatic carbocycles. The van der Waals surface area contributed by atoms with E-state index in [-0.39, 0.29) is 11.0 Å². The Labute approximate surface area is 176 Å². The highest BCUT2D eigenvalue weighted by Gasteiger charge is 2.10. The van der Waals surface area contributed by atoms with Gasteiger partial charge in [-0.25, -0.2) is 0 Å². The van der Waals surface area contributed by atoms with Gasteiger partial charge in [-0.3, -0.25) is 10.1 Å². The smallest absolute Gasteiger partial charge is 0.257 e. The number of benzene rings is 3. The van der Waals surface area contributed by atoms with Crippen molar-refractivity contribution in [2.75, 3.05) is 11.9 Å². The van der Waals surface area contributed by atoms with Gasteiger partial charge in [-0.2, -0.15) is 0 Å². The highest BCUT2D eigenvalue weighted by Crippen LogP contribution is 2.24. The summed E-state index contributed by atoms with van der Waals surface area (Å²) in [6.45, 7) is 2.54. The molecule has 0 bridgehead atoms. The van der Waals surface area contributed by atoms with Gasteiger partial charge in [0.2, 0.25) is 0 Å². The van der Waals surface area contributed by atoms with Crippen LogP contribution in [-0.2, 0) is 6.42 Å². The standard InChI is InChI=1S/C24H24N2O2S/c1-18-9-7-13-20(17-18)23(27)26-24(29)25-21-14-5-6-15-22(21)28-16-8-12-19-10-3-2-4-11-19/h2-7,9-11,13-15,17H,8,12,16H2,1H3,(H2,25,26,27,29). The van der Waals surface area contributed by atoms with Gasteiger partial charge in [0, 0.05) is 5.56 Å². The molecular formula is C24H24N2O2S. The molecule has 3 aromatic carbocycles. The number of hydrogen-bond donors (Lipinski definition) is 2. The van der Waals surface area contributed by atoms with E-state index < -0.39 is 0 Å². The van der Waals surface area contributed by atoms with Crippen LogP contribution in [0.25, 0.3) is 0 Å². The molecule has 3 rings (SSSR count). The molecule has 5 heteroatoms. The Bertz CT molecular complexity index is 973. The number of nitrogens with one attached hydrogen (secondary N) is 2. The fraction of sp³-hybridized carbons (Fsp3) is 0.167. The molecule has 0 unspecified atom stereocenters. The van der Waals surface area contributed by atoms with Crippen molar-refractivity contribution in [1.82, 2.24) is 5.32 Å². The topological polar surface area (TPSA) is 50.4 Å². The van der Waals surface area contributed by atoms with Crippen molar-refractivity contribution in [1.29, 1.82) is 0 Å². The number of amides is 1. The number of ether oxygens (including phenoxy) is 1. The lowest BCUT2D eigenvalue weighted by Crippen LogP contribution is -2.34. The van der Waals surface area contributed by atoms with Gasteiger partial charge in [0.05, 0.1) is 12.3 Å². The molecular weight excluding hydrogens is 380 g/mol. The normalized spacial score (nSPS) is 10.2. The van der Waals surface area contributed by atoms with E-state index >= 15 is 0 Å². The SMILES string of the molecule is Cc1cccc(C(=O)NC(=S)Nc2ccccc2OCCCc2ccccc2)c1. The zero-order valence-corrected chi connectivity index (χ0v) is 17.2. The zero-order chi connectivity index (χ0) is 20.5. The molecule has 0 radical (unpaired) electrons. The van der Waals surface area contributed by atoms with Crippen LogP contribution >= 0.6 is 12.2 Å². The third-order valence-corrected chi connectivity index (χ3v) is 4.56. The van der Waals surface area contributed by atoms with Gasteiger partial charge in [-0.1, -0.05) is 60.2 Å². The summed E-state index contributed by atoms with van der Waals surface area (Å²) < 4.78 is 5.93. The summed E-state index contributed by atoms with van der Waals surface area (Å²) in [5, 5.41) is 6.01. The quantitative estimate of drug-likeness (QED) is 0.423. The van der Waals surface area contributed by atoms with Crippen molar-refractivity contribution in [2.45, 2.75) is 19.8 Å². The summed E-state index contributed by atoms with van der Waals surface area (Å²) in [4.78, 5) is 12.4. The fourth-order valence-corrected chi connectivity index (χ4v) is 3.12. The van der Waals surface area contributed by atoms with Crippen molar-refractivity contribution in [2.24, 2.45) is 0 Å². The Kier molecular flexibility index (Phi) is 7.36. The highest BCUT2D eigenvalue weighted by atomic mass is 32.1. The first-order chi connectivity index (χ1) is 14.1. The fourth-order valence-electron chi connectivity index (χ4n) is 2.91. The zero-order valence-electron chi connectivity index (χ0n) is 16.4. The number of hydrogen-bond acceptors (Lipinski definition) is 3. The number of para-hydroxylation sites is 2. The minimum absolute atomic E-state index is 0.233. The van der Waals surface area contributed by atoms with Crippen LogP contribution in [0.5, 0.6) is 5.75 Å². The van der Waals surface area contributed by atoms with Gasteiger partial charge in [0.15, 0.2) is 5.11 Å². The average Bonchev–Trinajstić information content (AvgIpc) is 2.73. The van der Waals surface area contributed by atoms with Crippen molar-refractivity contribution < 1.29 is 9.53 Å². The molecule has 0 fully saturated rings. The summed E-state index contributed by atoms with van der Waals surface area (Å²) in [5.74, 6) is 0.458. The number of rotatable bonds is 7. The number of anilines is 1. The summed E-state index contributed by atoms with van der Waals surface area (Å²) in [6, 6.07) is 25.3. The van der Waals surface area contributed by atoms with Crippen LogP contribution in [0.2, 0.25) is 0 Å². The molecule has 3 aromatic rings. The Balaban J connectivity index is 1.52. The van der Waals surface area contributed by atoms with E-state index in [0.29, 0.717) is 17.9 Å². The predicted molar refractivity (Wildman–Crippen MR) is 122 cm³/mol. The first kappa shape index (κ1) is 20.6. The first-order valence-electron chi connectivity index (χ1n) is 9.56. The van der Waals surface area contributed by atoms with E-state index in [2.05, 4.69) is 22.8 Å². The molecule has 4 nitrogen and oxygen atoms in total. The Hall–Kier alpha value is -3.18. The molecule has 0 spiro atoms. The van der Waals surface area contributed by atoms with Gasteiger partial charge in [-0.05, 0) is 61.8 Å². The second-order valence-corrected chi connectivity index (χ2v) is 7.12. The van der Waals surface area contributed by atoms with Crippen LogP contribution in [0.4, 0.5) is 5.69 Å². The highest BCUT2D eigenvalue weighted by molar-refractivity contribution is 7.80. The van der Waals surface area contributed by atoms with Crippen molar-refractivity contribution in [3.63, 3.8) is 0 Å². The van der Waals surface area contributed by atoms with E-state index in [1.807, 2.05) is 67.6 Å². The molecule has 29 heavy (non-hydrogen) atoms. The molecule has 1 amide bonds. The van der Waals surface area contributed by atoms with E-state index in [1.54, 1.807) is 6.07 Å². The first-order valence-corrected chi connectivity index (χ1v) is 9.97. The minimum Gasteiger partial charge on any atom is -0.491 e. The molecule has 0 saturated carbocycles. The van der Waals surface area contributed by atoms with E-state index in [0.717, 1.165) is 24.1 Å². The summed E-state index contributed by atoms with van der Waals surface area (Å²) in [7, 11) is 0. The van der Waals surface area contributed by atoms with Crippen LogP contribution in [0.1, 0.15) is 27.9 Å². The van der Waals surface area contributed by atoms with E-state index in [4.69, 9.17) is 17.0 Å². The summed E-state index contributed by atoms with van der Waals surface area (Å²) >= 11 is 5.31. The summed E-state index contributed by atoms with van der Waals surface area (Å²) in [5.41, 5.74) is 3.61. The van der Waals surface area contributed by atoms with Crippen molar-refractivity contribution in [3.05, 3.63) is 95.6 Å². The third-order valence-electron chi connectivity index (χ3n) is 4.35. The average molecular weight is 405 g/mol. The van der Waals surface area contributed by atoms with Crippen LogP contribution in [-0.4, -0.2) is 17.6 Å². The Morgan fingerprint density at radius 3 is 2.52 bits per heavy atom.